The lowest BCUT2D eigenvalue weighted by Crippen LogP contribution is -2.39. The Morgan fingerprint density at radius 1 is 1.11 bits per heavy atom. The van der Waals surface area contributed by atoms with Gasteiger partial charge in [-0.2, -0.15) is 13.2 Å². The third-order valence-corrected chi connectivity index (χ3v) is 4.23. The number of hydrogen-bond acceptors (Lipinski definition) is 6. The first-order valence-electron chi connectivity index (χ1n) is 8.36. The molecule has 28 heavy (non-hydrogen) atoms. The van der Waals surface area contributed by atoms with Crippen molar-refractivity contribution in [3.05, 3.63) is 35.5 Å². The van der Waals surface area contributed by atoms with Crippen LogP contribution in [-0.2, 0) is 6.18 Å². The summed E-state index contributed by atoms with van der Waals surface area (Å²) in [6.45, 7) is 1.10. The molecule has 1 aromatic carbocycles. The zero-order valence-electron chi connectivity index (χ0n) is 14.6. The van der Waals surface area contributed by atoms with E-state index in [1.807, 2.05) is 0 Å². The molecule has 0 radical (unpaired) electrons. The number of carbonyl (C=O) groups is 2. The van der Waals surface area contributed by atoms with Gasteiger partial charge in [0, 0.05) is 31.9 Å². The molecule has 0 saturated carbocycles. The number of nitrogens with zero attached hydrogens (tertiary/aromatic N) is 4. The van der Waals surface area contributed by atoms with Gasteiger partial charge in [0.1, 0.15) is 0 Å². The normalized spacial score (nSPS) is 15.2. The number of urea groups is 1. The quantitative estimate of drug-likeness (QED) is 0.800. The molecule has 1 saturated heterocycles. The number of hydrogen-bond donors (Lipinski definition) is 2. The maximum Gasteiger partial charge on any atom is 0.416 e. The molecular weight excluding hydrogens is 381 g/mol. The van der Waals surface area contributed by atoms with Gasteiger partial charge in [-0.25, -0.2) is 9.42 Å². The van der Waals surface area contributed by atoms with E-state index in [2.05, 4.69) is 20.3 Å². The summed E-state index contributed by atoms with van der Waals surface area (Å²) in [5.74, 6) is -0.577. The average Bonchev–Trinajstić information content (AvgIpc) is 2.92. The molecule has 3 N–H and O–H groups in total. The molecule has 1 aromatic heterocycles. The second-order valence-electron chi connectivity index (χ2n) is 6.14. The van der Waals surface area contributed by atoms with E-state index in [0.29, 0.717) is 19.5 Å². The minimum atomic E-state index is -4.50. The van der Waals surface area contributed by atoms with E-state index in [-0.39, 0.29) is 30.3 Å². The van der Waals surface area contributed by atoms with Crippen molar-refractivity contribution in [1.29, 1.82) is 0 Å². The maximum absolute atomic E-state index is 12.8. The number of anilines is 2. The summed E-state index contributed by atoms with van der Waals surface area (Å²) in [7, 11) is 0. The monoisotopic (exact) mass is 398 g/mol. The number of nitrogens with one attached hydrogen (secondary N) is 1. The average molecular weight is 398 g/mol. The smallest absolute Gasteiger partial charge is 0.379 e. The number of nitrogens with two attached hydrogens (primary N) is 1. The minimum absolute atomic E-state index is 0.0402. The zero-order chi connectivity index (χ0) is 20.3. The van der Waals surface area contributed by atoms with Crippen LogP contribution in [0, 0.1) is 0 Å². The van der Waals surface area contributed by atoms with Crippen molar-refractivity contribution >= 4 is 23.4 Å². The number of benzene rings is 1. The van der Waals surface area contributed by atoms with Gasteiger partial charge in [-0.15, -0.1) is 0 Å². The largest absolute Gasteiger partial charge is 0.416 e. The number of carbonyl (C=O) groups excluding carboxylic acids is 2. The Bertz CT molecular complexity index is 869. The highest BCUT2D eigenvalue weighted by molar-refractivity contribution is 5.96. The minimum Gasteiger partial charge on any atom is -0.379 e. The van der Waals surface area contributed by atoms with Crippen LogP contribution in [0.4, 0.5) is 29.5 Å². The van der Waals surface area contributed by atoms with Crippen molar-refractivity contribution in [3.8, 4) is 0 Å². The van der Waals surface area contributed by atoms with Crippen molar-refractivity contribution in [2.45, 2.75) is 12.6 Å². The highest BCUT2D eigenvalue weighted by Crippen LogP contribution is 2.30. The topological polar surface area (TPSA) is 118 Å². The Morgan fingerprint density at radius 3 is 2.50 bits per heavy atom. The molecule has 0 aliphatic carbocycles. The molecule has 150 valence electrons. The summed E-state index contributed by atoms with van der Waals surface area (Å²) in [6, 6.07) is 3.84. The predicted octanol–water partition coefficient (Wildman–Crippen LogP) is 2.05. The summed E-state index contributed by atoms with van der Waals surface area (Å²) >= 11 is 0. The van der Waals surface area contributed by atoms with Crippen molar-refractivity contribution in [1.82, 2.24) is 20.1 Å². The molecule has 12 heteroatoms. The van der Waals surface area contributed by atoms with E-state index in [4.69, 9.17) is 5.73 Å². The van der Waals surface area contributed by atoms with Crippen molar-refractivity contribution in [3.63, 3.8) is 0 Å². The van der Waals surface area contributed by atoms with Crippen LogP contribution in [0.1, 0.15) is 22.5 Å². The molecule has 0 atom stereocenters. The third-order valence-electron chi connectivity index (χ3n) is 4.23. The van der Waals surface area contributed by atoms with Gasteiger partial charge in [0.2, 0.25) is 11.5 Å². The summed E-state index contributed by atoms with van der Waals surface area (Å²) < 4.78 is 42.8. The number of halogens is 3. The molecule has 3 rings (SSSR count). The highest BCUT2D eigenvalue weighted by atomic mass is 19.4. The van der Waals surface area contributed by atoms with Gasteiger partial charge in [-0.3, -0.25) is 4.79 Å². The Morgan fingerprint density at radius 2 is 1.82 bits per heavy atom. The number of rotatable bonds is 2. The number of alkyl halides is 3. The molecule has 2 heterocycles. The van der Waals surface area contributed by atoms with Crippen LogP contribution in [-0.4, -0.2) is 58.2 Å². The number of nitrogen functional groups attached to an aromatic ring is 1. The first-order valence-corrected chi connectivity index (χ1v) is 8.36. The van der Waals surface area contributed by atoms with Crippen LogP contribution in [0.2, 0.25) is 0 Å². The van der Waals surface area contributed by atoms with Gasteiger partial charge in [0.15, 0.2) is 0 Å². The SMILES string of the molecule is Nc1nonc1C(=O)N1CCCN(C(=O)Nc2cccc(C(F)(F)F)c2)CC1. The third kappa shape index (κ3) is 4.32. The molecule has 0 bridgehead atoms. The van der Waals surface area contributed by atoms with E-state index in [1.54, 1.807) is 0 Å². The van der Waals surface area contributed by atoms with E-state index in [9.17, 15) is 22.8 Å². The van der Waals surface area contributed by atoms with Crippen LogP contribution in [0.25, 0.3) is 0 Å². The summed E-state index contributed by atoms with van der Waals surface area (Å²) in [5, 5.41) is 9.29. The van der Waals surface area contributed by atoms with Gasteiger partial charge in [-0.1, -0.05) is 6.07 Å². The van der Waals surface area contributed by atoms with Crippen molar-refractivity contribution < 1.29 is 27.4 Å². The van der Waals surface area contributed by atoms with E-state index >= 15 is 0 Å². The van der Waals surface area contributed by atoms with Crippen LogP contribution < -0.4 is 11.1 Å². The summed E-state index contributed by atoms with van der Waals surface area (Å²) in [4.78, 5) is 27.7. The Kier molecular flexibility index (Phi) is 5.38. The second kappa shape index (κ2) is 7.74. The zero-order valence-corrected chi connectivity index (χ0v) is 14.6. The molecule has 1 aliphatic heterocycles. The molecular formula is C16H17F3N6O3. The van der Waals surface area contributed by atoms with Gasteiger partial charge in [0.05, 0.1) is 5.56 Å². The van der Waals surface area contributed by atoms with Crippen LogP contribution in [0.15, 0.2) is 28.9 Å². The number of amides is 3. The molecule has 9 nitrogen and oxygen atoms in total. The maximum atomic E-state index is 12.8. The molecule has 1 aliphatic rings. The van der Waals surface area contributed by atoms with Crippen LogP contribution in [0.3, 0.4) is 0 Å². The van der Waals surface area contributed by atoms with E-state index in [1.165, 1.54) is 21.9 Å². The Balaban J connectivity index is 1.62. The fourth-order valence-electron chi connectivity index (χ4n) is 2.79. The summed E-state index contributed by atoms with van der Waals surface area (Å²) in [5.41, 5.74) is 4.62. The molecule has 2 aromatic rings. The lowest BCUT2D eigenvalue weighted by Gasteiger charge is -2.22. The highest BCUT2D eigenvalue weighted by Gasteiger charge is 2.31. The fourth-order valence-corrected chi connectivity index (χ4v) is 2.79. The number of aromatic nitrogens is 2. The first kappa shape index (κ1) is 19.5. The van der Waals surface area contributed by atoms with Gasteiger partial charge < -0.3 is 20.9 Å². The standard InChI is InChI=1S/C16H17F3N6O3/c17-16(18,19)10-3-1-4-11(9-10)21-15(27)25-6-2-5-24(7-8-25)14(26)12-13(20)23-28-22-12/h1,3-4,9H,2,5-8H2,(H2,20,23)(H,21,27). The Hall–Kier alpha value is -3.31. The second-order valence-corrected chi connectivity index (χ2v) is 6.14. The lowest BCUT2D eigenvalue weighted by atomic mass is 10.2. The van der Waals surface area contributed by atoms with E-state index < -0.39 is 23.7 Å². The predicted molar refractivity (Wildman–Crippen MR) is 91.3 cm³/mol. The first-order chi connectivity index (χ1) is 13.3. The Labute approximate surface area is 157 Å². The van der Waals surface area contributed by atoms with Crippen molar-refractivity contribution in [2.24, 2.45) is 0 Å². The fraction of sp³-hybridized carbons (Fsp3) is 0.375. The molecule has 0 spiro atoms. The van der Waals surface area contributed by atoms with Gasteiger partial charge >= 0.3 is 12.2 Å². The van der Waals surface area contributed by atoms with Crippen molar-refractivity contribution in [2.75, 3.05) is 37.2 Å². The molecule has 1 fully saturated rings. The van der Waals surface area contributed by atoms with Crippen LogP contribution in [0.5, 0.6) is 0 Å². The van der Waals surface area contributed by atoms with Gasteiger partial charge in [0.25, 0.3) is 5.91 Å². The van der Waals surface area contributed by atoms with Crippen LogP contribution >= 0.6 is 0 Å². The lowest BCUT2D eigenvalue weighted by molar-refractivity contribution is -0.137. The molecule has 3 amide bonds. The van der Waals surface area contributed by atoms with Gasteiger partial charge in [-0.05, 0) is 34.9 Å². The van der Waals surface area contributed by atoms with E-state index in [0.717, 1.165) is 12.1 Å². The molecule has 0 unspecified atom stereocenters. The summed E-state index contributed by atoms with van der Waals surface area (Å²) in [6.07, 6.45) is -4.02.